The van der Waals surface area contributed by atoms with Crippen LogP contribution < -0.4 is 25.7 Å². The molecule has 2 aromatic rings. The van der Waals surface area contributed by atoms with Crippen molar-refractivity contribution in [2.75, 3.05) is 11.5 Å². The number of nitrogen functional groups attached to an aromatic ring is 2. The molecule has 0 bridgehead atoms. The summed E-state index contributed by atoms with van der Waals surface area (Å²) >= 11 is 26.3. The van der Waals surface area contributed by atoms with Crippen LogP contribution in [0.2, 0.25) is 0 Å². The molecule has 26 heavy (non-hydrogen) atoms. The number of benzene rings is 2. The van der Waals surface area contributed by atoms with Gasteiger partial charge in [0.2, 0.25) is 0 Å². The summed E-state index contributed by atoms with van der Waals surface area (Å²) in [6.45, 7) is 0. The summed E-state index contributed by atoms with van der Waals surface area (Å²) in [4.78, 5) is 8.66. The van der Waals surface area contributed by atoms with E-state index in [1.807, 2.05) is 0 Å². The molecule has 1 aliphatic heterocycles. The Balaban J connectivity index is 2.06. The van der Waals surface area contributed by atoms with Crippen molar-refractivity contribution in [1.29, 1.82) is 0 Å². The number of nitrogens with one attached hydrogen (secondary N) is 1. The van der Waals surface area contributed by atoms with Gasteiger partial charge in [0.1, 0.15) is 0 Å². The van der Waals surface area contributed by atoms with Crippen molar-refractivity contribution >= 4 is 77.0 Å². The first-order valence-corrected chi connectivity index (χ1v) is 15.3. The molecule has 1 heterocycles. The zero-order valence-electron chi connectivity index (χ0n) is 12.9. The van der Waals surface area contributed by atoms with Crippen LogP contribution in [0.15, 0.2) is 53.0 Å². The van der Waals surface area contributed by atoms with E-state index in [2.05, 4.69) is 9.37 Å². The second kappa shape index (κ2) is 7.33. The molecule has 0 aromatic heterocycles. The molecule has 142 valence electrons. The Morgan fingerprint density at radius 3 is 2.12 bits per heavy atom. The first-order chi connectivity index (χ1) is 12.1. The third-order valence-corrected chi connectivity index (χ3v) is 16.0. The Morgan fingerprint density at radius 2 is 1.54 bits per heavy atom. The van der Waals surface area contributed by atoms with E-state index < -0.39 is 11.7 Å². The number of rotatable bonds is 4. The minimum atomic E-state index is -4.50. The average Bonchev–Trinajstić information content (AvgIpc) is 2.54. The summed E-state index contributed by atoms with van der Waals surface area (Å²) in [5.41, 5.74) is 12.5. The molecule has 0 spiro atoms. The van der Waals surface area contributed by atoms with Gasteiger partial charge in [-0.05, 0) is 0 Å². The summed E-state index contributed by atoms with van der Waals surface area (Å²) in [6, 6.07) is 13.4. The number of nitrogens with two attached hydrogens (primary N) is 2. The van der Waals surface area contributed by atoms with E-state index in [9.17, 15) is 0 Å². The van der Waals surface area contributed by atoms with E-state index in [0.29, 0.717) is 11.4 Å². The van der Waals surface area contributed by atoms with E-state index >= 15 is 0 Å². The fourth-order valence-corrected chi connectivity index (χ4v) is 15.3. The molecule has 1 aliphatic rings. The van der Waals surface area contributed by atoms with E-state index in [1.54, 1.807) is 48.5 Å². The number of hydrogen-bond donors (Lipinski definition) is 3. The molecule has 1 unspecified atom stereocenters. The molecule has 0 saturated heterocycles. The quantitative estimate of drug-likeness (QED) is 0.324. The molecule has 0 fully saturated rings. The van der Waals surface area contributed by atoms with Gasteiger partial charge in [-0.2, -0.15) is 0 Å². The fraction of sp³-hybridized carbons (Fsp3) is 0. The van der Waals surface area contributed by atoms with Crippen LogP contribution in [-0.4, -0.2) is 4.60 Å². The van der Waals surface area contributed by atoms with E-state index in [-0.39, 0.29) is 20.4 Å². The third-order valence-electron chi connectivity index (χ3n) is 3.16. The monoisotopic (exact) mass is 493 g/mol. The predicted octanol–water partition coefficient (Wildman–Crippen LogP) is 6.67. The summed E-state index contributed by atoms with van der Waals surface area (Å²) in [7, 11) is -0.296. The van der Waals surface area contributed by atoms with Gasteiger partial charge in [0.25, 0.3) is 0 Å². The van der Waals surface area contributed by atoms with E-state index in [4.69, 9.17) is 65.8 Å². The Morgan fingerprint density at radius 1 is 1.00 bits per heavy atom. The van der Waals surface area contributed by atoms with Gasteiger partial charge in [-0.15, -0.1) is 0 Å². The van der Waals surface area contributed by atoms with Crippen molar-refractivity contribution in [2.24, 2.45) is 4.52 Å². The van der Waals surface area contributed by atoms with E-state index in [0.717, 1.165) is 4.60 Å². The summed E-state index contributed by atoms with van der Waals surface area (Å²) in [5, 5.41) is 0. The summed E-state index contributed by atoms with van der Waals surface area (Å²) in [6.07, 6.45) is 0. The Hall–Kier alpha value is -0.190. The SMILES string of the molecule is Nc1ccccc1ON1P(Cl)(Cl)=NPNP1(Cl)(Cl)Oc1ccccc1N. The van der Waals surface area contributed by atoms with Crippen LogP contribution in [0.4, 0.5) is 11.4 Å². The maximum atomic E-state index is 6.76. The average molecular weight is 495 g/mol. The molecule has 14 heteroatoms. The molecular formula is C12H14Cl4N5O2P3. The molecular weight excluding hydrogens is 481 g/mol. The second-order valence-electron chi connectivity index (χ2n) is 5.09. The van der Waals surface area contributed by atoms with Crippen LogP contribution in [-0.2, 0) is 0 Å². The van der Waals surface area contributed by atoms with Crippen molar-refractivity contribution in [3.8, 4) is 11.5 Å². The zero-order valence-corrected chi connectivity index (χ0v) is 18.7. The molecule has 3 rings (SSSR count). The number of nitrogens with zero attached hydrogens (tertiary/aromatic N) is 2. The Labute approximate surface area is 171 Å². The van der Waals surface area contributed by atoms with Gasteiger partial charge in [-0.3, -0.25) is 0 Å². The first kappa shape index (κ1) is 20.5. The Bertz CT molecular complexity index is 897. The normalized spacial score (nSPS) is 23.3. The number of halogens is 4. The van der Waals surface area contributed by atoms with Crippen molar-refractivity contribution < 1.29 is 9.36 Å². The van der Waals surface area contributed by atoms with Crippen molar-refractivity contribution in [3.63, 3.8) is 0 Å². The third kappa shape index (κ3) is 4.12. The van der Waals surface area contributed by atoms with Gasteiger partial charge in [0.15, 0.2) is 0 Å². The van der Waals surface area contributed by atoms with E-state index in [1.165, 1.54) is 0 Å². The minimum absolute atomic E-state index is 0.248. The Kier molecular flexibility index (Phi) is 5.79. The van der Waals surface area contributed by atoms with Crippen LogP contribution in [0.5, 0.6) is 11.5 Å². The van der Waals surface area contributed by atoms with Gasteiger partial charge in [-0.25, -0.2) is 0 Å². The molecule has 0 amide bonds. The second-order valence-corrected chi connectivity index (χ2v) is 18.4. The van der Waals surface area contributed by atoms with Crippen LogP contribution >= 0.6 is 65.6 Å². The summed E-state index contributed by atoms with van der Waals surface area (Å²) < 4.78 is 11.0. The number of anilines is 2. The van der Waals surface area contributed by atoms with Crippen molar-refractivity contribution in [1.82, 2.24) is 9.46 Å². The van der Waals surface area contributed by atoms with Gasteiger partial charge in [-0.1, -0.05) is 0 Å². The maximum absolute atomic E-state index is 6.76. The van der Waals surface area contributed by atoms with Gasteiger partial charge >= 0.3 is 172 Å². The fourth-order valence-electron chi connectivity index (χ4n) is 1.98. The first-order valence-electron chi connectivity index (χ1n) is 6.98. The van der Waals surface area contributed by atoms with Gasteiger partial charge < -0.3 is 0 Å². The van der Waals surface area contributed by atoms with Crippen LogP contribution in [0.3, 0.4) is 0 Å². The van der Waals surface area contributed by atoms with Crippen LogP contribution in [0, 0.1) is 0 Å². The van der Waals surface area contributed by atoms with Gasteiger partial charge in [0.05, 0.1) is 0 Å². The summed E-state index contributed by atoms with van der Waals surface area (Å²) in [5.74, 6) is -7.27. The molecule has 0 aliphatic carbocycles. The van der Waals surface area contributed by atoms with Crippen LogP contribution in [0.25, 0.3) is 0 Å². The number of hydrogen-bond acceptors (Lipinski definition) is 7. The van der Waals surface area contributed by atoms with Crippen molar-refractivity contribution in [2.45, 2.75) is 0 Å². The predicted molar refractivity (Wildman–Crippen MR) is 116 cm³/mol. The van der Waals surface area contributed by atoms with Crippen LogP contribution in [0.1, 0.15) is 0 Å². The molecule has 0 radical (unpaired) electrons. The molecule has 1 atom stereocenters. The molecule has 0 saturated carbocycles. The molecule has 5 N–H and O–H groups in total. The molecule has 2 aromatic carbocycles. The standard InChI is InChI=1S/C12H14Cl4N5O2P3/c13-25(14)19-24-20-26(15,16,23-12-8-4-2-6-10(12)18)21(25)22-11-7-3-1-5-9(11)17/h1-8,20,24H,17-18H2. The zero-order chi connectivity index (χ0) is 19.0. The van der Waals surface area contributed by atoms with Crippen molar-refractivity contribution in [3.05, 3.63) is 48.5 Å². The number of para-hydroxylation sites is 4. The van der Waals surface area contributed by atoms with Gasteiger partial charge in [0, 0.05) is 0 Å². The molecule has 7 nitrogen and oxygen atoms in total. The topological polar surface area (TPSA) is 98.1 Å².